The van der Waals surface area contributed by atoms with E-state index in [0.29, 0.717) is 12.3 Å². The lowest BCUT2D eigenvalue weighted by atomic mass is 10.2. The molecule has 0 heterocycles. The Kier molecular flexibility index (Phi) is 7.68. The molecule has 0 saturated carbocycles. The Hall–Kier alpha value is -2.49. The lowest BCUT2D eigenvalue weighted by Crippen LogP contribution is -2.19. The van der Waals surface area contributed by atoms with E-state index in [1.165, 1.54) is 25.7 Å². The largest absolute Gasteiger partial charge is 0.494 e. The molecule has 2 rings (SSSR count). The van der Waals surface area contributed by atoms with Crippen LogP contribution < -0.4 is 15.4 Å². The summed E-state index contributed by atoms with van der Waals surface area (Å²) in [5, 5.41) is 5.61. The molecule has 0 bridgehead atoms. The van der Waals surface area contributed by atoms with Crippen molar-refractivity contribution in [3.63, 3.8) is 0 Å². The first kappa shape index (κ1) is 17.9. The van der Waals surface area contributed by atoms with Crippen molar-refractivity contribution in [2.24, 2.45) is 0 Å². The van der Waals surface area contributed by atoms with Crippen LogP contribution in [0.25, 0.3) is 0 Å². The van der Waals surface area contributed by atoms with E-state index < -0.39 is 0 Å². The van der Waals surface area contributed by atoms with E-state index in [4.69, 9.17) is 4.74 Å². The Morgan fingerprint density at radius 1 is 0.875 bits per heavy atom. The maximum absolute atomic E-state index is 12.0. The van der Waals surface area contributed by atoms with Gasteiger partial charge in [-0.3, -0.25) is 0 Å². The molecule has 4 nitrogen and oxygen atoms in total. The second kappa shape index (κ2) is 10.3. The molecule has 0 aromatic heterocycles. The molecule has 0 unspecified atom stereocenters. The van der Waals surface area contributed by atoms with Crippen molar-refractivity contribution in [2.45, 2.75) is 39.0 Å². The molecule has 0 aliphatic rings. The average Bonchev–Trinajstić information content (AvgIpc) is 2.59. The maximum atomic E-state index is 12.0. The minimum absolute atomic E-state index is 0.266. The summed E-state index contributed by atoms with van der Waals surface area (Å²) in [6.45, 7) is 2.92. The van der Waals surface area contributed by atoms with Gasteiger partial charge in [-0.25, -0.2) is 4.79 Å². The second-order valence-electron chi connectivity index (χ2n) is 5.74. The summed E-state index contributed by atoms with van der Waals surface area (Å²) in [5.41, 5.74) is 1.47. The number of carbonyl (C=O) groups is 1. The van der Waals surface area contributed by atoms with Gasteiger partial charge in [-0.05, 0) is 30.7 Å². The summed E-state index contributed by atoms with van der Waals surface area (Å²) in [4.78, 5) is 12.0. The molecule has 4 heteroatoms. The van der Waals surface area contributed by atoms with Crippen LogP contribution in [0.3, 0.4) is 0 Å². The number of benzene rings is 2. The van der Waals surface area contributed by atoms with Crippen LogP contribution in [-0.2, 0) is 0 Å². The number of ether oxygens (including phenoxy) is 1. The molecular formula is C20H26N2O2. The van der Waals surface area contributed by atoms with Crippen molar-refractivity contribution in [1.29, 1.82) is 0 Å². The highest BCUT2D eigenvalue weighted by Gasteiger charge is 2.03. The molecule has 0 atom stereocenters. The summed E-state index contributed by atoms with van der Waals surface area (Å²) in [5.74, 6) is 0.781. The van der Waals surface area contributed by atoms with Crippen LogP contribution in [0.15, 0.2) is 54.6 Å². The van der Waals surface area contributed by atoms with Gasteiger partial charge in [0.25, 0.3) is 0 Å². The van der Waals surface area contributed by atoms with Crippen molar-refractivity contribution in [2.75, 3.05) is 17.2 Å². The fourth-order valence-electron chi connectivity index (χ4n) is 2.37. The van der Waals surface area contributed by atoms with E-state index in [1.54, 1.807) is 0 Å². The van der Waals surface area contributed by atoms with Crippen molar-refractivity contribution >= 4 is 17.4 Å². The van der Waals surface area contributed by atoms with E-state index in [-0.39, 0.29) is 6.03 Å². The van der Waals surface area contributed by atoms with Gasteiger partial charge in [0.05, 0.1) is 6.61 Å². The number of anilines is 2. The van der Waals surface area contributed by atoms with E-state index >= 15 is 0 Å². The molecule has 2 N–H and O–H groups in total. The van der Waals surface area contributed by atoms with Crippen LogP contribution in [-0.4, -0.2) is 12.6 Å². The van der Waals surface area contributed by atoms with E-state index in [9.17, 15) is 4.79 Å². The summed E-state index contributed by atoms with van der Waals surface area (Å²) in [7, 11) is 0. The fraction of sp³-hybridized carbons (Fsp3) is 0.350. The molecule has 128 valence electrons. The molecule has 24 heavy (non-hydrogen) atoms. The molecule has 0 saturated heterocycles. The standard InChI is InChI=1S/C20H26N2O2/c1-2-3-4-5-9-15-24-19-14-10-13-18(16-19)22-20(23)21-17-11-7-6-8-12-17/h6-8,10-14,16H,2-5,9,15H2,1H3,(H2,21,22,23). The van der Waals surface area contributed by atoms with Gasteiger partial charge in [-0.15, -0.1) is 0 Å². The number of amides is 2. The zero-order chi connectivity index (χ0) is 17.0. The Balaban J connectivity index is 1.76. The Morgan fingerprint density at radius 2 is 1.58 bits per heavy atom. The van der Waals surface area contributed by atoms with Gasteiger partial charge in [0.1, 0.15) is 5.75 Å². The number of hydrogen-bond donors (Lipinski definition) is 2. The summed E-state index contributed by atoms with van der Waals surface area (Å²) < 4.78 is 5.76. The molecule has 0 spiro atoms. The van der Waals surface area contributed by atoms with Gasteiger partial charge in [0, 0.05) is 17.4 Å². The predicted octanol–water partition coefficient (Wildman–Crippen LogP) is 5.68. The van der Waals surface area contributed by atoms with Crippen molar-refractivity contribution in [3.05, 3.63) is 54.6 Å². The number of carbonyl (C=O) groups excluding carboxylic acids is 1. The van der Waals surface area contributed by atoms with Gasteiger partial charge in [-0.2, -0.15) is 0 Å². The molecule has 0 aliphatic heterocycles. The lowest BCUT2D eigenvalue weighted by molar-refractivity contribution is 0.262. The van der Waals surface area contributed by atoms with E-state index in [0.717, 1.165) is 17.9 Å². The number of para-hydroxylation sites is 1. The minimum Gasteiger partial charge on any atom is -0.494 e. The van der Waals surface area contributed by atoms with E-state index in [1.807, 2.05) is 54.6 Å². The molecule has 0 fully saturated rings. The molecule has 0 aliphatic carbocycles. The van der Waals surface area contributed by atoms with Crippen LogP contribution in [0, 0.1) is 0 Å². The molecular weight excluding hydrogens is 300 g/mol. The number of rotatable bonds is 9. The summed E-state index contributed by atoms with van der Waals surface area (Å²) in [6.07, 6.45) is 6.06. The molecule has 2 aromatic rings. The van der Waals surface area contributed by atoms with Gasteiger partial charge >= 0.3 is 6.03 Å². The number of urea groups is 1. The zero-order valence-corrected chi connectivity index (χ0v) is 14.3. The predicted molar refractivity (Wildman–Crippen MR) is 99.8 cm³/mol. The van der Waals surface area contributed by atoms with Crippen molar-refractivity contribution < 1.29 is 9.53 Å². The molecule has 2 aromatic carbocycles. The number of unbranched alkanes of at least 4 members (excludes halogenated alkanes) is 4. The van der Waals surface area contributed by atoms with Gasteiger partial charge in [0.2, 0.25) is 0 Å². The number of hydrogen-bond acceptors (Lipinski definition) is 2. The van der Waals surface area contributed by atoms with Crippen LogP contribution >= 0.6 is 0 Å². The Bertz CT molecular complexity index is 614. The first-order valence-electron chi connectivity index (χ1n) is 8.64. The van der Waals surface area contributed by atoms with Crippen LogP contribution in [0.5, 0.6) is 5.75 Å². The first-order chi connectivity index (χ1) is 11.8. The Labute approximate surface area is 144 Å². The average molecular weight is 326 g/mol. The highest BCUT2D eigenvalue weighted by Crippen LogP contribution is 2.18. The Morgan fingerprint density at radius 3 is 2.38 bits per heavy atom. The topological polar surface area (TPSA) is 50.4 Å². The third-order valence-corrected chi connectivity index (χ3v) is 3.64. The van der Waals surface area contributed by atoms with Gasteiger partial charge in [0.15, 0.2) is 0 Å². The highest BCUT2D eigenvalue weighted by molar-refractivity contribution is 5.99. The van der Waals surface area contributed by atoms with Crippen molar-refractivity contribution in [3.8, 4) is 5.75 Å². The third kappa shape index (κ3) is 6.73. The minimum atomic E-state index is -0.266. The zero-order valence-electron chi connectivity index (χ0n) is 14.3. The number of nitrogens with one attached hydrogen (secondary N) is 2. The van der Waals surface area contributed by atoms with Crippen molar-refractivity contribution in [1.82, 2.24) is 0 Å². The van der Waals surface area contributed by atoms with Gasteiger partial charge in [-0.1, -0.05) is 56.9 Å². The second-order valence-corrected chi connectivity index (χ2v) is 5.74. The highest BCUT2D eigenvalue weighted by atomic mass is 16.5. The fourth-order valence-corrected chi connectivity index (χ4v) is 2.37. The first-order valence-corrected chi connectivity index (χ1v) is 8.64. The van der Waals surface area contributed by atoms with Crippen LogP contribution in [0.4, 0.5) is 16.2 Å². The molecule has 2 amide bonds. The summed E-state index contributed by atoms with van der Waals surface area (Å²) in [6, 6.07) is 16.6. The normalized spacial score (nSPS) is 10.2. The van der Waals surface area contributed by atoms with Crippen LogP contribution in [0.2, 0.25) is 0 Å². The smallest absolute Gasteiger partial charge is 0.323 e. The monoisotopic (exact) mass is 326 g/mol. The lowest BCUT2D eigenvalue weighted by Gasteiger charge is -2.10. The van der Waals surface area contributed by atoms with E-state index in [2.05, 4.69) is 17.6 Å². The van der Waals surface area contributed by atoms with Crippen LogP contribution in [0.1, 0.15) is 39.0 Å². The third-order valence-electron chi connectivity index (χ3n) is 3.64. The quantitative estimate of drug-likeness (QED) is 0.582. The maximum Gasteiger partial charge on any atom is 0.323 e. The summed E-state index contributed by atoms with van der Waals surface area (Å²) >= 11 is 0. The van der Waals surface area contributed by atoms with Gasteiger partial charge < -0.3 is 15.4 Å². The SMILES string of the molecule is CCCCCCCOc1cccc(NC(=O)Nc2ccccc2)c1. The molecule has 0 radical (unpaired) electrons.